The summed E-state index contributed by atoms with van der Waals surface area (Å²) >= 11 is 0. The van der Waals surface area contributed by atoms with Crippen molar-refractivity contribution >= 4 is 27.8 Å². The van der Waals surface area contributed by atoms with Crippen LogP contribution in [0.3, 0.4) is 0 Å². The fraction of sp³-hybridized carbons (Fsp3) is 0.0698. The highest BCUT2D eigenvalue weighted by molar-refractivity contribution is 6.15. The molecule has 9 rings (SSSR count). The summed E-state index contributed by atoms with van der Waals surface area (Å²) in [6.45, 7) is 4.71. The highest BCUT2D eigenvalue weighted by atomic mass is 15.1. The molecule has 0 heterocycles. The fourth-order valence-corrected chi connectivity index (χ4v) is 7.70. The molecule has 7 aromatic carbocycles. The van der Waals surface area contributed by atoms with Crippen molar-refractivity contribution in [2.75, 3.05) is 4.90 Å². The van der Waals surface area contributed by atoms with Gasteiger partial charge in [0.25, 0.3) is 0 Å². The quantitative estimate of drug-likeness (QED) is 0.207. The van der Waals surface area contributed by atoms with Gasteiger partial charge >= 0.3 is 0 Å². The van der Waals surface area contributed by atoms with Gasteiger partial charge in [0.05, 0.1) is 5.69 Å². The van der Waals surface area contributed by atoms with Crippen LogP contribution in [0.5, 0.6) is 0 Å². The standard InChI is InChI=1S/C43H31N/c1-43(2)38-18-7-6-15-36(38)42-39(43)19-10-20-40(42)44(31-23-21-29(22-24-31)28-11-4-3-5-12-28)32-25-26-33-34-16-8-13-30-14-9-17-35(41(30)34)37(33)27-32/h3-27H,1-2H3. The van der Waals surface area contributed by atoms with Gasteiger partial charge in [-0.1, -0.05) is 135 Å². The molecule has 1 nitrogen and oxygen atoms in total. The number of benzene rings is 7. The van der Waals surface area contributed by atoms with Crippen LogP contribution in [-0.2, 0) is 5.41 Å². The zero-order valence-corrected chi connectivity index (χ0v) is 24.9. The average molecular weight is 562 g/mol. The van der Waals surface area contributed by atoms with Gasteiger partial charge in [0.1, 0.15) is 0 Å². The molecule has 0 radical (unpaired) electrons. The molecule has 0 amide bonds. The van der Waals surface area contributed by atoms with E-state index in [1.165, 1.54) is 72.1 Å². The van der Waals surface area contributed by atoms with E-state index in [4.69, 9.17) is 0 Å². The topological polar surface area (TPSA) is 3.24 Å². The zero-order valence-electron chi connectivity index (χ0n) is 24.9. The maximum absolute atomic E-state index is 2.47. The maximum atomic E-state index is 2.47. The third-order valence-corrected chi connectivity index (χ3v) is 9.81. The number of nitrogens with zero attached hydrogens (tertiary/aromatic N) is 1. The summed E-state index contributed by atoms with van der Waals surface area (Å²) in [4.78, 5) is 2.47. The Kier molecular flexibility index (Phi) is 5.31. The summed E-state index contributed by atoms with van der Waals surface area (Å²) in [5.74, 6) is 0. The van der Waals surface area contributed by atoms with Crippen molar-refractivity contribution in [2.24, 2.45) is 0 Å². The van der Waals surface area contributed by atoms with Crippen molar-refractivity contribution in [3.63, 3.8) is 0 Å². The van der Waals surface area contributed by atoms with E-state index < -0.39 is 0 Å². The molecule has 2 aliphatic carbocycles. The first-order valence-electron chi connectivity index (χ1n) is 15.5. The van der Waals surface area contributed by atoms with E-state index in [1.807, 2.05) is 0 Å². The van der Waals surface area contributed by atoms with Gasteiger partial charge in [-0.3, -0.25) is 0 Å². The minimum Gasteiger partial charge on any atom is -0.310 e. The lowest BCUT2D eigenvalue weighted by atomic mass is 9.82. The molecule has 0 saturated heterocycles. The lowest BCUT2D eigenvalue weighted by Gasteiger charge is -2.29. The minimum atomic E-state index is -0.0694. The first kappa shape index (κ1) is 25.1. The molecule has 0 N–H and O–H groups in total. The molecule has 44 heavy (non-hydrogen) atoms. The van der Waals surface area contributed by atoms with E-state index in [1.54, 1.807) is 0 Å². The van der Waals surface area contributed by atoms with Crippen molar-refractivity contribution < 1.29 is 0 Å². The van der Waals surface area contributed by atoms with E-state index in [9.17, 15) is 0 Å². The average Bonchev–Trinajstić information content (AvgIpc) is 3.52. The monoisotopic (exact) mass is 561 g/mol. The van der Waals surface area contributed by atoms with E-state index >= 15 is 0 Å². The first-order valence-corrected chi connectivity index (χ1v) is 15.5. The molecule has 1 heteroatoms. The summed E-state index contributed by atoms with van der Waals surface area (Å²) in [5.41, 5.74) is 16.6. The third-order valence-electron chi connectivity index (χ3n) is 9.81. The molecule has 2 aliphatic rings. The molecule has 0 fully saturated rings. The van der Waals surface area contributed by atoms with Crippen LogP contribution >= 0.6 is 0 Å². The van der Waals surface area contributed by atoms with E-state index in [0.717, 1.165) is 11.4 Å². The number of hydrogen-bond donors (Lipinski definition) is 0. The smallest absolute Gasteiger partial charge is 0.0543 e. The Labute approximate surface area is 258 Å². The third kappa shape index (κ3) is 3.53. The van der Waals surface area contributed by atoms with Gasteiger partial charge in [-0.25, -0.2) is 0 Å². The predicted molar refractivity (Wildman–Crippen MR) is 186 cm³/mol. The lowest BCUT2D eigenvalue weighted by Crippen LogP contribution is -2.16. The van der Waals surface area contributed by atoms with Gasteiger partial charge in [0.15, 0.2) is 0 Å². The van der Waals surface area contributed by atoms with Crippen molar-refractivity contribution in [3.8, 4) is 44.5 Å². The Hall–Kier alpha value is -5.40. The summed E-state index contributed by atoms with van der Waals surface area (Å²) in [5, 5.41) is 2.66. The van der Waals surface area contributed by atoms with Crippen molar-refractivity contribution in [1.82, 2.24) is 0 Å². The van der Waals surface area contributed by atoms with Crippen LogP contribution in [0.1, 0.15) is 25.0 Å². The molecular formula is C43H31N. The minimum absolute atomic E-state index is 0.0694. The van der Waals surface area contributed by atoms with Crippen LogP contribution in [0.4, 0.5) is 17.1 Å². The molecule has 208 valence electrons. The number of anilines is 3. The zero-order chi connectivity index (χ0) is 29.4. The predicted octanol–water partition coefficient (Wildman–Crippen LogP) is 11.9. The molecule has 0 aliphatic heterocycles. The molecule has 0 saturated carbocycles. The highest BCUT2D eigenvalue weighted by Gasteiger charge is 2.37. The summed E-state index contributed by atoms with van der Waals surface area (Å²) in [6, 6.07) is 55.9. The van der Waals surface area contributed by atoms with Gasteiger partial charge in [0, 0.05) is 22.4 Å². The second-order valence-corrected chi connectivity index (χ2v) is 12.6. The van der Waals surface area contributed by atoms with Gasteiger partial charge < -0.3 is 4.90 Å². The van der Waals surface area contributed by atoms with Crippen LogP contribution < -0.4 is 4.90 Å². The lowest BCUT2D eigenvalue weighted by molar-refractivity contribution is 0.660. The largest absolute Gasteiger partial charge is 0.310 e. The summed E-state index contributed by atoms with van der Waals surface area (Å²) in [7, 11) is 0. The van der Waals surface area contributed by atoms with Crippen LogP contribution in [0.25, 0.3) is 55.3 Å². The molecular weight excluding hydrogens is 530 g/mol. The molecule has 0 spiro atoms. The fourth-order valence-electron chi connectivity index (χ4n) is 7.70. The van der Waals surface area contributed by atoms with Crippen molar-refractivity contribution in [3.05, 3.63) is 163 Å². The van der Waals surface area contributed by atoms with E-state index in [2.05, 4.69) is 170 Å². The molecule has 0 bridgehead atoms. The molecule has 0 unspecified atom stereocenters. The SMILES string of the molecule is CC1(C)c2ccccc2-c2c(N(c3ccc(-c4ccccc4)cc3)c3ccc4c(c3)-c3cccc5cccc-4c35)cccc21. The van der Waals surface area contributed by atoms with Gasteiger partial charge in [0.2, 0.25) is 0 Å². The second kappa shape index (κ2) is 9.30. The number of rotatable bonds is 4. The van der Waals surface area contributed by atoms with Crippen LogP contribution in [-0.4, -0.2) is 0 Å². The Balaban J connectivity index is 1.28. The van der Waals surface area contributed by atoms with E-state index in [-0.39, 0.29) is 5.41 Å². The second-order valence-electron chi connectivity index (χ2n) is 12.6. The first-order chi connectivity index (χ1) is 21.6. The van der Waals surface area contributed by atoms with Crippen LogP contribution in [0, 0.1) is 0 Å². The summed E-state index contributed by atoms with van der Waals surface area (Å²) < 4.78 is 0. The molecule has 0 atom stereocenters. The molecule has 7 aromatic rings. The van der Waals surface area contributed by atoms with Gasteiger partial charge in [-0.05, 0) is 91.2 Å². The maximum Gasteiger partial charge on any atom is 0.0543 e. The Morgan fingerprint density at radius 3 is 1.84 bits per heavy atom. The van der Waals surface area contributed by atoms with Gasteiger partial charge in [-0.15, -0.1) is 0 Å². The summed E-state index contributed by atoms with van der Waals surface area (Å²) in [6.07, 6.45) is 0. The Bertz CT molecular complexity index is 2230. The number of fused-ring (bicyclic) bond motifs is 6. The van der Waals surface area contributed by atoms with Crippen LogP contribution in [0.2, 0.25) is 0 Å². The normalized spacial score (nSPS) is 13.4. The highest BCUT2D eigenvalue weighted by Crippen LogP contribution is 2.55. The van der Waals surface area contributed by atoms with Crippen molar-refractivity contribution in [1.29, 1.82) is 0 Å². The molecule has 0 aromatic heterocycles. The van der Waals surface area contributed by atoms with Crippen molar-refractivity contribution in [2.45, 2.75) is 19.3 Å². The van der Waals surface area contributed by atoms with E-state index in [0.29, 0.717) is 0 Å². The van der Waals surface area contributed by atoms with Crippen LogP contribution in [0.15, 0.2) is 152 Å². The van der Waals surface area contributed by atoms with Gasteiger partial charge in [-0.2, -0.15) is 0 Å². The Morgan fingerprint density at radius 2 is 1.05 bits per heavy atom. The number of hydrogen-bond acceptors (Lipinski definition) is 1. The Morgan fingerprint density at radius 1 is 0.432 bits per heavy atom.